The SMILES string of the molecule is CC(C)CNC(=O)CN(C)C(=O)c1cn(CCN)cn1. The lowest BCUT2D eigenvalue weighted by molar-refractivity contribution is -0.121. The highest BCUT2D eigenvalue weighted by Crippen LogP contribution is 2.01. The van der Waals surface area contributed by atoms with Crippen molar-refractivity contribution in [1.82, 2.24) is 19.8 Å². The van der Waals surface area contributed by atoms with E-state index < -0.39 is 0 Å². The molecule has 2 amide bonds. The summed E-state index contributed by atoms with van der Waals surface area (Å²) in [5.41, 5.74) is 5.75. The molecule has 1 rings (SSSR count). The van der Waals surface area contributed by atoms with Crippen molar-refractivity contribution in [3.05, 3.63) is 18.2 Å². The number of likely N-dealkylation sites (N-methyl/N-ethyl adjacent to an activating group) is 1. The van der Waals surface area contributed by atoms with Gasteiger partial charge in [-0.05, 0) is 5.92 Å². The summed E-state index contributed by atoms with van der Waals surface area (Å²) in [6, 6.07) is 0. The Labute approximate surface area is 119 Å². The molecule has 0 saturated heterocycles. The Morgan fingerprint density at radius 2 is 2.20 bits per heavy atom. The molecule has 7 nitrogen and oxygen atoms in total. The number of amides is 2. The van der Waals surface area contributed by atoms with Crippen LogP contribution in [-0.4, -0.2) is 52.9 Å². The van der Waals surface area contributed by atoms with E-state index in [2.05, 4.69) is 10.3 Å². The van der Waals surface area contributed by atoms with Crippen molar-refractivity contribution in [1.29, 1.82) is 0 Å². The van der Waals surface area contributed by atoms with Crippen molar-refractivity contribution in [2.75, 3.05) is 26.7 Å². The highest BCUT2D eigenvalue weighted by Gasteiger charge is 2.17. The minimum Gasteiger partial charge on any atom is -0.354 e. The molecule has 3 N–H and O–H groups in total. The summed E-state index contributed by atoms with van der Waals surface area (Å²) in [5, 5.41) is 2.77. The molecule has 0 aliphatic heterocycles. The fourth-order valence-corrected chi connectivity index (χ4v) is 1.60. The Hall–Kier alpha value is -1.89. The van der Waals surface area contributed by atoms with Crippen molar-refractivity contribution in [2.45, 2.75) is 20.4 Å². The molecule has 0 unspecified atom stereocenters. The van der Waals surface area contributed by atoms with E-state index >= 15 is 0 Å². The van der Waals surface area contributed by atoms with E-state index in [4.69, 9.17) is 5.73 Å². The van der Waals surface area contributed by atoms with Crippen molar-refractivity contribution >= 4 is 11.8 Å². The van der Waals surface area contributed by atoms with Crippen molar-refractivity contribution < 1.29 is 9.59 Å². The van der Waals surface area contributed by atoms with Gasteiger partial charge in [-0.15, -0.1) is 0 Å². The number of aromatic nitrogens is 2. The summed E-state index contributed by atoms with van der Waals surface area (Å²) in [7, 11) is 1.58. The van der Waals surface area contributed by atoms with E-state index in [0.717, 1.165) is 0 Å². The van der Waals surface area contributed by atoms with Crippen LogP contribution in [0.4, 0.5) is 0 Å². The first-order valence-electron chi connectivity index (χ1n) is 6.68. The van der Waals surface area contributed by atoms with Gasteiger partial charge >= 0.3 is 0 Å². The van der Waals surface area contributed by atoms with Crippen LogP contribution in [0.2, 0.25) is 0 Å². The van der Waals surface area contributed by atoms with Crippen molar-refractivity contribution in [2.24, 2.45) is 11.7 Å². The Kier molecular flexibility index (Phi) is 6.17. The third kappa shape index (κ3) is 5.00. The second kappa shape index (κ2) is 7.64. The number of rotatable bonds is 7. The van der Waals surface area contributed by atoms with Gasteiger partial charge in [-0.1, -0.05) is 13.8 Å². The number of carbonyl (C=O) groups excluding carboxylic acids is 2. The van der Waals surface area contributed by atoms with Gasteiger partial charge in [-0.25, -0.2) is 4.98 Å². The minimum absolute atomic E-state index is 0.0231. The molecular weight excluding hydrogens is 258 g/mol. The van der Waals surface area contributed by atoms with Crippen LogP contribution in [0.25, 0.3) is 0 Å². The summed E-state index contributed by atoms with van der Waals surface area (Å²) in [5.74, 6) is -0.0664. The molecule has 0 bridgehead atoms. The predicted molar refractivity (Wildman–Crippen MR) is 76.1 cm³/mol. The summed E-state index contributed by atoms with van der Waals surface area (Å²) in [6.07, 6.45) is 3.20. The van der Waals surface area contributed by atoms with E-state index in [9.17, 15) is 9.59 Å². The van der Waals surface area contributed by atoms with E-state index in [-0.39, 0.29) is 18.4 Å². The average molecular weight is 281 g/mol. The molecule has 0 saturated carbocycles. The second-order valence-corrected chi connectivity index (χ2v) is 5.14. The molecule has 1 aromatic heterocycles. The van der Waals surface area contributed by atoms with Gasteiger partial charge in [0, 0.05) is 32.9 Å². The number of carbonyl (C=O) groups is 2. The Morgan fingerprint density at radius 1 is 1.50 bits per heavy atom. The molecule has 1 heterocycles. The zero-order valence-corrected chi connectivity index (χ0v) is 12.3. The highest BCUT2D eigenvalue weighted by atomic mass is 16.2. The van der Waals surface area contributed by atoms with Gasteiger partial charge in [-0.2, -0.15) is 0 Å². The zero-order chi connectivity index (χ0) is 15.1. The number of hydrogen-bond acceptors (Lipinski definition) is 4. The smallest absolute Gasteiger partial charge is 0.274 e. The summed E-state index contributed by atoms with van der Waals surface area (Å²) in [4.78, 5) is 29.1. The molecule has 0 aromatic carbocycles. The molecule has 0 aliphatic rings. The number of nitrogens with two attached hydrogens (primary N) is 1. The topological polar surface area (TPSA) is 93.2 Å². The van der Waals surface area contributed by atoms with E-state index in [0.29, 0.717) is 31.2 Å². The van der Waals surface area contributed by atoms with Crippen molar-refractivity contribution in [3.8, 4) is 0 Å². The Morgan fingerprint density at radius 3 is 2.80 bits per heavy atom. The maximum atomic E-state index is 12.1. The van der Waals surface area contributed by atoms with E-state index in [1.165, 1.54) is 4.90 Å². The molecule has 0 radical (unpaired) electrons. The summed E-state index contributed by atoms with van der Waals surface area (Å²) < 4.78 is 1.75. The first-order chi connectivity index (χ1) is 9.43. The standard InChI is InChI=1S/C13H23N5O2/c1-10(2)6-15-12(19)8-17(3)13(20)11-7-18(5-4-14)9-16-11/h7,9-10H,4-6,8,14H2,1-3H3,(H,15,19). The fourth-order valence-electron chi connectivity index (χ4n) is 1.60. The monoisotopic (exact) mass is 281 g/mol. The first kappa shape index (κ1) is 16.2. The molecule has 20 heavy (non-hydrogen) atoms. The second-order valence-electron chi connectivity index (χ2n) is 5.14. The third-order valence-electron chi connectivity index (χ3n) is 2.67. The zero-order valence-electron chi connectivity index (χ0n) is 12.3. The van der Waals surface area contributed by atoms with Crippen LogP contribution in [0.5, 0.6) is 0 Å². The third-order valence-corrected chi connectivity index (χ3v) is 2.67. The van der Waals surface area contributed by atoms with Crippen LogP contribution >= 0.6 is 0 Å². The molecule has 1 aromatic rings. The molecule has 0 spiro atoms. The largest absolute Gasteiger partial charge is 0.354 e. The molecule has 0 fully saturated rings. The Balaban J connectivity index is 2.51. The van der Waals surface area contributed by atoms with Gasteiger partial charge < -0.3 is 20.5 Å². The van der Waals surface area contributed by atoms with Crippen LogP contribution in [-0.2, 0) is 11.3 Å². The normalized spacial score (nSPS) is 10.7. The summed E-state index contributed by atoms with van der Waals surface area (Å²) in [6.45, 7) is 5.75. The van der Waals surface area contributed by atoms with Gasteiger partial charge in [0.2, 0.25) is 5.91 Å². The van der Waals surface area contributed by atoms with Gasteiger partial charge in [0.1, 0.15) is 5.69 Å². The number of imidazole rings is 1. The molecule has 0 atom stereocenters. The van der Waals surface area contributed by atoms with Crippen LogP contribution in [0.15, 0.2) is 12.5 Å². The maximum Gasteiger partial charge on any atom is 0.274 e. The highest BCUT2D eigenvalue weighted by molar-refractivity contribution is 5.94. The predicted octanol–water partition coefficient (Wildman–Crippen LogP) is -0.314. The number of nitrogens with one attached hydrogen (secondary N) is 1. The number of nitrogens with zero attached hydrogens (tertiary/aromatic N) is 3. The fraction of sp³-hybridized carbons (Fsp3) is 0.615. The maximum absolute atomic E-state index is 12.1. The lowest BCUT2D eigenvalue weighted by Gasteiger charge is -2.16. The van der Waals surface area contributed by atoms with Crippen LogP contribution in [0.3, 0.4) is 0 Å². The summed E-state index contributed by atoms with van der Waals surface area (Å²) >= 11 is 0. The van der Waals surface area contributed by atoms with Crippen LogP contribution in [0.1, 0.15) is 24.3 Å². The molecule has 112 valence electrons. The van der Waals surface area contributed by atoms with E-state index in [1.807, 2.05) is 13.8 Å². The van der Waals surface area contributed by atoms with Gasteiger partial charge in [0.25, 0.3) is 5.91 Å². The van der Waals surface area contributed by atoms with Gasteiger partial charge in [0.15, 0.2) is 0 Å². The van der Waals surface area contributed by atoms with Crippen molar-refractivity contribution in [3.63, 3.8) is 0 Å². The Bertz CT molecular complexity index is 455. The lowest BCUT2D eigenvalue weighted by atomic mass is 10.2. The lowest BCUT2D eigenvalue weighted by Crippen LogP contribution is -2.39. The van der Waals surface area contributed by atoms with Gasteiger partial charge in [0.05, 0.1) is 12.9 Å². The average Bonchev–Trinajstić information content (AvgIpc) is 2.84. The van der Waals surface area contributed by atoms with Crippen LogP contribution < -0.4 is 11.1 Å². The van der Waals surface area contributed by atoms with Gasteiger partial charge in [-0.3, -0.25) is 9.59 Å². The number of hydrogen-bond donors (Lipinski definition) is 2. The van der Waals surface area contributed by atoms with E-state index in [1.54, 1.807) is 24.1 Å². The first-order valence-corrected chi connectivity index (χ1v) is 6.68. The van der Waals surface area contributed by atoms with Crippen LogP contribution in [0, 0.1) is 5.92 Å². The molecule has 7 heteroatoms. The quantitative estimate of drug-likeness (QED) is 0.716. The minimum atomic E-state index is -0.277. The molecular formula is C13H23N5O2. The molecule has 0 aliphatic carbocycles.